The van der Waals surface area contributed by atoms with Crippen molar-refractivity contribution in [1.29, 1.82) is 5.26 Å². The molecule has 2 rings (SSSR count). The quantitative estimate of drug-likeness (QED) is 0.834. The number of nitriles is 1. The number of aryl methyl sites for hydroxylation is 1. The van der Waals surface area contributed by atoms with Crippen LogP contribution in [-0.4, -0.2) is 18.6 Å². The fraction of sp³-hybridized carbons (Fsp3) is 0.385. The molecule has 18 heavy (non-hydrogen) atoms. The van der Waals surface area contributed by atoms with E-state index >= 15 is 0 Å². The number of nitrogens with one attached hydrogen (secondary N) is 1. The van der Waals surface area contributed by atoms with Gasteiger partial charge in [0.2, 0.25) is 5.91 Å². The van der Waals surface area contributed by atoms with E-state index < -0.39 is 6.04 Å². The smallest absolute Gasteiger partial charge is 0.224 e. The van der Waals surface area contributed by atoms with Gasteiger partial charge in [0, 0.05) is 18.5 Å². The Morgan fingerprint density at radius 2 is 2.33 bits per heavy atom. The molecule has 0 spiro atoms. The molecule has 1 heterocycles. The first-order chi connectivity index (χ1) is 8.69. The molecule has 1 amide bonds. The van der Waals surface area contributed by atoms with E-state index in [0.29, 0.717) is 19.4 Å². The molecule has 0 fully saturated rings. The van der Waals surface area contributed by atoms with Gasteiger partial charge in [0.15, 0.2) is 0 Å². The number of carbonyl (C=O) groups excluding carboxylic acids is 1. The van der Waals surface area contributed by atoms with E-state index in [1.54, 1.807) is 0 Å². The lowest BCUT2D eigenvalue weighted by molar-refractivity contribution is -0.116. The summed E-state index contributed by atoms with van der Waals surface area (Å²) in [6.07, 6.45) is 1.75. The van der Waals surface area contributed by atoms with Crippen LogP contribution in [0.2, 0.25) is 0 Å². The van der Waals surface area contributed by atoms with Gasteiger partial charge in [-0.2, -0.15) is 5.26 Å². The maximum Gasteiger partial charge on any atom is 0.224 e. The minimum absolute atomic E-state index is 0.0520. The summed E-state index contributed by atoms with van der Waals surface area (Å²) in [6.45, 7) is 0.417. The van der Waals surface area contributed by atoms with Gasteiger partial charge < -0.3 is 15.8 Å². The Bertz CT molecular complexity index is 493. The van der Waals surface area contributed by atoms with Crippen LogP contribution >= 0.6 is 0 Å². The summed E-state index contributed by atoms with van der Waals surface area (Å²) in [6, 6.07) is 7.04. The van der Waals surface area contributed by atoms with Gasteiger partial charge in [0.05, 0.1) is 18.7 Å². The number of nitrogens with zero attached hydrogens (tertiary/aromatic N) is 1. The van der Waals surface area contributed by atoms with Gasteiger partial charge in [-0.05, 0) is 30.2 Å². The predicted octanol–water partition coefficient (Wildman–Crippen LogP) is 1.19. The molecule has 0 saturated carbocycles. The van der Waals surface area contributed by atoms with Crippen LogP contribution in [0.15, 0.2) is 18.2 Å². The van der Waals surface area contributed by atoms with Crippen LogP contribution in [0.5, 0.6) is 5.75 Å². The minimum atomic E-state index is -0.484. The van der Waals surface area contributed by atoms with Crippen LogP contribution in [0.1, 0.15) is 18.4 Å². The van der Waals surface area contributed by atoms with E-state index in [1.807, 2.05) is 24.3 Å². The highest BCUT2D eigenvalue weighted by Gasteiger charge is 2.14. The summed E-state index contributed by atoms with van der Waals surface area (Å²) in [5.41, 5.74) is 7.41. The molecular weight excluding hydrogens is 230 g/mol. The van der Waals surface area contributed by atoms with Crippen molar-refractivity contribution >= 4 is 11.6 Å². The second-order valence-electron chi connectivity index (χ2n) is 4.24. The van der Waals surface area contributed by atoms with Crippen molar-refractivity contribution in [2.45, 2.75) is 25.3 Å². The fourth-order valence-corrected chi connectivity index (χ4v) is 1.82. The van der Waals surface area contributed by atoms with Gasteiger partial charge >= 0.3 is 0 Å². The molecule has 94 valence electrons. The van der Waals surface area contributed by atoms with Crippen molar-refractivity contribution in [3.63, 3.8) is 0 Å². The highest BCUT2D eigenvalue weighted by atomic mass is 16.5. The Labute approximate surface area is 106 Å². The number of nitrogens with two attached hydrogens (primary N) is 1. The molecule has 5 nitrogen and oxygen atoms in total. The van der Waals surface area contributed by atoms with E-state index in [0.717, 1.165) is 23.4 Å². The molecule has 0 aliphatic carbocycles. The minimum Gasteiger partial charge on any atom is -0.493 e. The topological polar surface area (TPSA) is 88.1 Å². The Hall–Kier alpha value is -2.06. The maximum atomic E-state index is 11.2. The fourth-order valence-electron chi connectivity index (χ4n) is 1.82. The molecule has 1 aliphatic rings. The lowest BCUT2D eigenvalue weighted by atomic mass is 10.0. The Morgan fingerprint density at radius 3 is 3.11 bits per heavy atom. The normalized spacial score (nSPS) is 15.2. The first-order valence-corrected chi connectivity index (χ1v) is 5.90. The summed E-state index contributed by atoms with van der Waals surface area (Å²) in [5, 5.41) is 11.4. The highest BCUT2D eigenvalue weighted by Crippen LogP contribution is 2.26. The third-order valence-corrected chi connectivity index (χ3v) is 2.84. The maximum absolute atomic E-state index is 11.2. The number of carbonyl (C=O) groups is 1. The average Bonchev–Trinajstić information content (AvgIpc) is 2.38. The van der Waals surface area contributed by atoms with Crippen molar-refractivity contribution < 1.29 is 9.53 Å². The number of benzene rings is 1. The first kappa shape index (κ1) is 12.4. The first-order valence-electron chi connectivity index (χ1n) is 5.90. The zero-order chi connectivity index (χ0) is 13.0. The molecule has 0 radical (unpaired) electrons. The average molecular weight is 245 g/mol. The molecule has 1 unspecified atom stereocenters. The van der Waals surface area contributed by atoms with E-state index in [9.17, 15) is 4.79 Å². The molecule has 1 atom stereocenters. The molecule has 0 bridgehead atoms. The van der Waals surface area contributed by atoms with Crippen LogP contribution < -0.4 is 15.8 Å². The van der Waals surface area contributed by atoms with Crippen LogP contribution in [0.3, 0.4) is 0 Å². The largest absolute Gasteiger partial charge is 0.493 e. The predicted molar refractivity (Wildman–Crippen MR) is 67.1 cm³/mol. The van der Waals surface area contributed by atoms with E-state index in [1.165, 1.54) is 0 Å². The second kappa shape index (κ2) is 5.52. The van der Waals surface area contributed by atoms with Gasteiger partial charge in [-0.25, -0.2) is 0 Å². The zero-order valence-corrected chi connectivity index (χ0v) is 9.98. The molecule has 1 aromatic carbocycles. The highest BCUT2D eigenvalue weighted by molar-refractivity contribution is 5.93. The number of hydrogen-bond donors (Lipinski definition) is 2. The summed E-state index contributed by atoms with van der Waals surface area (Å²) < 4.78 is 5.53. The van der Waals surface area contributed by atoms with Crippen LogP contribution in [0.4, 0.5) is 5.69 Å². The summed E-state index contributed by atoms with van der Waals surface area (Å²) in [4.78, 5) is 11.2. The van der Waals surface area contributed by atoms with Gasteiger partial charge in [0.25, 0.3) is 0 Å². The molecular formula is C13H15N3O2. The number of anilines is 1. The van der Waals surface area contributed by atoms with Crippen LogP contribution in [-0.2, 0) is 11.2 Å². The van der Waals surface area contributed by atoms with Crippen molar-refractivity contribution in [3.05, 3.63) is 23.8 Å². The van der Waals surface area contributed by atoms with E-state index in [2.05, 4.69) is 5.32 Å². The lowest BCUT2D eigenvalue weighted by Crippen LogP contribution is -2.20. The van der Waals surface area contributed by atoms with Crippen LogP contribution in [0.25, 0.3) is 0 Å². The van der Waals surface area contributed by atoms with Crippen molar-refractivity contribution in [3.8, 4) is 11.8 Å². The number of rotatable bonds is 4. The molecule has 5 heteroatoms. The second-order valence-corrected chi connectivity index (χ2v) is 4.24. The number of hydrogen-bond acceptors (Lipinski definition) is 4. The number of fused-ring (bicyclic) bond motifs is 1. The van der Waals surface area contributed by atoms with Crippen molar-refractivity contribution in [1.82, 2.24) is 0 Å². The van der Waals surface area contributed by atoms with E-state index in [-0.39, 0.29) is 5.91 Å². The van der Waals surface area contributed by atoms with Gasteiger partial charge in [-0.3, -0.25) is 4.79 Å². The monoisotopic (exact) mass is 245 g/mol. The Balaban J connectivity index is 1.95. The summed E-state index contributed by atoms with van der Waals surface area (Å²) >= 11 is 0. The lowest BCUT2D eigenvalue weighted by Gasteiger charge is -2.17. The Kier molecular flexibility index (Phi) is 3.80. The number of amides is 1. The van der Waals surface area contributed by atoms with Crippen molar-refractivity contribution in [2.24, 2.45) is 5.73 Å². The zero-order valence-electron chi connectivity index (χ0n) is 9.98. The standard InChI is InChI=1S/C13H15N3O2/c14-8-10(15)5-6-18-11-2-3-12-9(7-11)1-4-13(17)16-12/h2-3,7,10H,1,4-6,15H2,(H,16,17). The SMILES string of the molecule is N#CC(N)CCOc1ccc2c(c1)CCC(=O)N2. The molecule has 0 saturated heterocycles. The molecule has 3 N–H and O–H groups in total. The van der Waals surface area contributed by atoms with Crippen molar-refractivity contribution in [2.75, 3.05) is 11.9 Å². The third-order valence-electron chi connectivity index (χ3n) is 2.84. The summed E-state index contributed by atoms with van der Waals surface area (Å²) in [7, 11) is 0. The van der Waals surface area contributed by atoms with Gasteiger partial charge in [-0.15, -0.1) is 0 Å². The van der Waals surface area contributed by atoms with E-state index in [4.69, 9.17) is 15.7 Å². The van der Waals surface area contributed by atoms with Gasteiger partial charge in [0.1, 0.15) is 5.75 Å². The molecule has 0 aromatic heterocycles. The molecule has 1 aliphatic heterocycles. The Morgan fingerprint density at radius 1 is 1.50 bits per heavy atom. The third kappa shape index (κ3) is 2.99. The number of ether oxygens (including phenoxy) is 1. The van der Waals surface area contributed by atoms with Crippen LogP contribution in [0, 0.1) is 11.3 Å². The van der Waals surface area contributed by atoms with Gasteiger partial charge in [-0.1, -0.05) is 0 Å². The molecule has 1 aromatic rings. The summed E-state index contributed by atoms with van der Waals surface area (Å²) in [5.74, 6) is 0.797.